The van der Waals surface area contributed by atoms with Crippen molar-refractivity contribution in [2.45, 2.75) is 19.4 Å². The first-order valence-electron chi connectivity index (χ1n) is 5.01. The van der Waals surface area contributed by atoms with Crippen molar-refractivity contribution in [3.05, 3.63) is 12.4 Å². The normalized spacial score (nSPS) is 12.2. The van der Waals surface area contributed by atoms with Crippen molar-refractivity contribution >= 4 is 11.6 Å². The van der Waals surface area contributed by atoms with E-state index in [1.54, 1.807) is 19.5 Å². The quantitative estimate of drug-likeness (QED) is 0.742. The van der Waals surface area contributed by atoms with E-state index in [0.29, 0.717) is 6.04 Å². The summed E-state index contributed by atoms with van der Waals surface area (Å²) in [7, 11) is 3.52. The molecule has 5 heteroatoms. The van der Waals surface area contributed by atoms with Gasteiger partial charge in [-0.1, -0.05) is 0 Å². The summed E-state index contributed by atoms with van der Waals surface area (Å²) >= 11 is 0. The van der Waals surface area contributed by atoms with E-state index in [2.05, 4.69) is 27.5 Å². The van der Waals surface area contributed by atoms with Crippen LogP contribution in [0.4, 0.5) is 11.6 Å². The highest BCUT2D eigenvalue weighted by atomic mass is 16.5. The fourth-order valence-electron chi connectivity index (χ4n) is 1.18. The number of methoxy groups -OCH3 is 1. The van der Waals surface area contributed by atoms with Crippen LogP contribution in [0.3, 0.4) is 0 Å². The molecule has 0 aliphatic heterocycles. The summed E-state index contributed by atoms with van der Waals surface area (Å²) in [4.78, 5) is 8.38. The van der Waals surface area contributed by atoms with Crippen LogP contribution < -0.4 is 10.6 Å². The summed E-state index contributed by atoms with van der Waals surface area (Å²) in [6.45, 7) is 2.83. The highest BCUT2D eigenvalue weighted by Gasteiger charge is 2.03. The van der Waals surface area contributed by atoms with Crippen molar-refractivity contribution in [1.29, 1.82) is 0 Å². The van der Waals surface area contributed by atoms with Gasteiger partial charge in [0.1, 0.15) is 11.6 Å². The maximum atomic E-state index is 5.01. The minimum absolute atomic E-state index is 0.325. The van der Waals surface area contributed by atoms with Crippen molar-refractivity contribution < 1.29 is 4.74 Å². The number of ether oxygens (including phenoxy) is 1. The molecule has 0 spiro atoms. The van der Waals surface area contributed by atoms with Crippen LogP contribution in [0.15, 0.2) is 12.4 Å². The molecule has 0 amide bonds. The maximum Gasteiger partial charge on any atom is 0.147 e. The Morgan fingerprint density at radius 3 is 2.80 bits per heavy atom. The molecule has 0 saturated carbocycles. The van der Waals surface area contributed by atoms with E-state index >= 15 is 0 Å². The first kappa shape index (κ1) is 11.7. The molecule has 0 aliphatic carbocycles. The van der Waals surface area contributed by atoms with Crippen LogP contribution in [0.2, 0.25) is 0 Å². The van der Waals surface area contributed by atoms with Crippen LogP contribution in [0.1, 0.15) is 13.3 Å². The van der Waals surface area contributed by atoms with Crippen LogP contribution in [-0.4, -0.2) is 36.8 Å². The van der Waals surface area contributed by atoms with Gasteiger partial charge in [0.15, 0.2) is 0 Å². The molecule has 84 valence electrons. The van der Waals surface area contributed by atoms with Gasteiger partial charge in [0.2, 0.25) is 0 Å². The predicted octanol–water partition coefficient (Wildman–Crippen LogP) is 1.36. The second-order valence-electron chi connectivity index (χ2n) is 3.37. The summed E-state index contributed by atoms with van der Waals surface area (Å²) in [6.07, 6.45) is 4.34. The number of hydrogen-bond acceptors (Lipinski definition) is 5. The molecule has 0 saturated heterocycles. The van der Waals surface area contributed by atoms with Crippen LogP contribution >= 0.6 is 0 Å². The lowest BCUT2D eigenvalue weighted by Crippen LogP contribution is -2.18. The van der Waals surface area contributed by atoms with Crippen LogP contribution in [0.5, 0.6) is 0 Å². The average Bonchev–Trinajstić information content (AvgIpc) is 2.26. The van der Waals surface area contributed by atoms with E-state index in [4.69, 9.17) is 4.74 Å². The van der Waals surface area contributed by atoms with Crippen molar-refractivity contribution in [2.75, 3.05) is 31.4 Å². The Bertz CT molecular complexity index is 293. The first-order chi connectivity index (χ1) is 7.26. The van der Waals surface area contributed by atoms with Crippen LogP contribution in [-0.2, 0) is 4.74 Å². The third-order valence-corrected chi connectivity index (χ3v) is 2.04. The molecule has 1 rings (SSSR count). The van der Waals surface area contributed by atoms with Gasteiger partial charge in [0, 0.05) is 26.8 Å². The van der Waals surface area contributed by atoms with Gasteiger partial charge in [-0.05, 0) is 13.3 Å². The Balaban J connectivity index is 2.48. The fraction of sp³-hybridized carbons (Fsp3) is 0.600. The molecule has 15 heavy (non-hydrogen) atoms. The Hall–Kier alpha value is -1.36. The summed E-state index contributed by atoms with van der Waals surface area (Å²) < 4.78 is 5.01. The van der Waals surface area contributed by atoms with Gasteiger partial charge < -0.3 is 15.4 Å². The lowest BCUT2D eigenvalue weighted by Gasteiger charge is -2.13. The molecule has 0 fully saturated rings. The van der Waals surface area contributed by atoms with E-state index in [0.717, 1.165) is 24.7 Å². The summed E-state index contributed by atoms with van der Waals surface area (Å²) in [5.74, 6) is 1.55. The van der Waals surface area contributed by atoms with Crippen molar-refractivity contribution in [3.63, 3.8) is 0 Å². The van der Waals surface area contributed by atoms with Crippen molar-refractivity contribution in [2.24, 2.45) is 0 Å². The molecule has 1 aromatic rings. The van der Waals surface area contributed by atoms with Gasteiger partial charge in [-0.15, -0.1) is 0 Å². The molecule has 1 atom stereocenters. The van der Waals surface area contributed by atoms with E-state index in [1.807, 2.05) is 7.05 Å². The minimum atomic E-state index is 0.325. The van der Waals surface area contributed by atoms with Gasteiger partial charge in [0.25, 0.3) is 0 Å². The average molecular weight is 210 g/mol. The van der Waals surface area contributed by atoms with E-state index < -0.39 is 0 Å². The standard InChI is InChI=1S/C10H18N4O/c1-8(4-5-15-3)13-10-7-12-6-9(11-2)14-10/h6-8H,4-5H2,1-3H3,(H2,11,13,14). The van der Waals surface area contributed by atoms with Gasteiger partial charge in [-0.2, -0.15) is 0 Å². The van der Waals surface area contributed by atoms with Crippen LogP contribution in [0, 0.1) is 0 Å². The third kappa shape index (κ3) is 4.12. The molecular formula is C10H18N4O. The highest BCUT2D eigenvalue weighted by Crippen LogP contribution is 2.08. The molecule has 2 N–H and O–H groups in total. The number of rotatable bonds is 6. The molecule has 0 aliphatic rings. The lowest BCUT2D eigenvalue weighted by molar-refractivity contribution is 0.191. The highest BCUT2D eigenvalue weighted by molar-refractivity contribution is 5.41. The number of hydrogen-bond donors (Lipinski definition) is 2. The minimum Gasteiger partial charge on any atom is -0.385 e. The number of anilines is 2. The zero-order valence-corrected chi connectivity index (χ0v) is 9.45. The fourth-order valence-corrected chi connectivity index (χ4v) is 1.18. The molecule has 5 nitrogen and oxygen atoms in total. The van der Waals surface area contributed by atoms with Crippen LogP contribution in [0.25, 0.3) is 0 Å². The Morgan fingerprint density at radius 2 is 2.13 bits per heavy atom. The topological polar surface area (TPSA) is 59.1 Å². The summed E-state index contributed by atoms with van der Waals surface area (Å²) in [5.41, 5.74) is 0. The molecule has 1 heterocycles. The number of nitrogens with one attached hydrogen (secondary N) is 2. The second kappa shape index (κ2) is 6.19. The van der Waals surface area contributed by atoms with Gasteiger partial charge >= 0.3 is 0 Å². The molecule has 1 unspecified atom stereocenters. The Labute approximate surface area is 90.3 Å². The predicted molar refractivity (Wildman–Crippen MR) is 61.2 cm³/mol. The van der Waals surface area contributed by atoms with Crippen molar-refractivity contribution in [1.82, 2.24) is 9.97 Å². The van der Waals surface area contributed by atoms with Gasteiger partial charge in [-0.3, -0.25) is 4.98 Å². The SMILES string of the molecule is CNc1cncc(NC(C)CCOC)n1. The summed E-state index contributed by atoms with van der Waals surface area (Å²) in [5, 5.41) is 6.20. The molecular weight excluding hydrogens is 192 g/mol. The number of aromatic nitrogens is 2. The molecule has 1 aromatic heterocycles. The lowest BCUT2D eigenvalue weighted by atomic mass is 10.2. The van der Waals surface area contributed by atoms with Crippen molar-refractivity contribution in [3.8, 4) is 0 Å². The second-order valence-corrected chi connectivity index (χ2v) is 3.37. The van der Waals surface area contributed by atoms with Gasteiger partial charge in [-0.25, -0.2) is 4.98 Å². The Morgan fingerprint density at radius 1 is 1.40 bits per heavy atom. The maximum absolute atomic E-state index is 5.01. The third-order valence-electron chi connectivity index (χ3n) is 2.04. The van der Waals surface area contributed by atoms with E-state index in [9.17, 15) is 0 Å². The van der Waals surface area contributed by atoms with Gasteiger partial charge in [0.05, 0.1) is 12.4 Å². The largest absolute Gasteiger partial charge is 0.385 e. The molecule has 0 bridgehead atoms. The molecule has 0 aromatic carbocycles. The van der Waals surface area contributed by atoms with E-state index in [1.165, 1.54) is 0 Å². The first-order valence-corrected chi connectivity index (χ1v) is 5.01. The smallest absolute Gasteiger partial charge is 0.147 e. The number of nitrogens with zero attached hydrogens (tertiary/aromatic N) is 2. The molecule has 0 radical (unpaired) electrons. The zero-order valence-electron chi connectivity index (χ0n) is 9.45. The Kier molecular flexibility index (Phi) is 4.83. The monoisotopic (exact) mass is 210 g/mol. The summed E-state index contributed by atoms with van der Waals surface area (Å²) in [6, 6.07) is 0.325. The zero-order chi connectivity index (χ0) is 11.1. The van der Waals surface area contributed by atoms with E-state index in [-0.39, 0.29) is 0 Å².